The van der Waals surface area contributed by atoms with Crippen LogP contribution in [0, 0.1) is 0 Å². The van der Waals surface area contributed by atoms with Gasteiger partial charge in [0.05, 0.1) is 30.4 Å². The van der Waals surface area contributed by atoms with Crippen LogP contribution in [0.15, 0.2) is 53.3 Å². The molecule has 35 heavy (non-hydrogen) atoms. The van der Waals surface area contributed by atoms with Crippen LogP contribution in [-0.4, -0.2) is 39.6 Å². The van der Waals surface area contributed by atoms with Crippen molar-refractivity contribution >= 4 is 39.4 Å². The second-order valence-corrected chi connectivity index (χ2v) is 9.08. The molecule has 0 aliphatic carbocycles. The van der Waals surface area contributed by atoms with Gasteiger partial charge < -0.3 is 19.5 Å². The SMILES string of the molecule is CCCCCOc1ccc(-c2nc3sc(=C4C(=O)N(CC(=O)[O-])c5ccccc54)c(=O)n3n2)cc1. The molecule has 4 aromatic rings. The molecule has 3 heterocycles. The molecule has 1 aliphatic heterocycles. The van der Waals surface area contributed by atoms with Crippen LogP contribution in [-0.2, 0) is 9.59 Å². The maximum absolute atomic E-state index is 13.2. The number of nitrogens with zero attached hydrogens (tertiary/aromatic N) is 4. The number of hydrogen-bond donors (Lipinski definition) is 0. The number of para-hydroxylation sites is 1. The molecule has 0 spiro atoms. The Labute approximate surface area is 203 Å². The van der Waals surface area contributed by atoms with Gasteiger partial charge in [-0.3, -0.25) is 9.59 Å². The van der Waals surface area contributed by atoms with E-state index in [1.54, 1.807) is 24.3 Å². The summed E-state index contributed by atoms with van der Waals surface area (Å²) in [4.78, 5) is 43.4. The Balaban J connectivity index is 1.49. The van der Waals surface area contributed by atoms with Crippen LogP contribution >= 0.6 is 11.3 Å². The highest BCUT2D eigenvalue weighted by Crippen LogP contribution is 2.35. The van der Waals surface area contributed by atoms with Gasteiger partial charge in [-0.15, -0.1) is 5.10 Å². The third kappa shape index (κ3) is 4.17. The Morgan fingerprint density at radius 3 is 2.57 bits per heavy atom. The molecule has 1 aliphatic rings. The number of hydrogen-bond acceptors (Lipinski definition) is 8. The van der Waals surface area contributed by atoms with E-state index in [1.807, 2.05) is 24.3 Å². The van der Waals surface area contributed by atoms with Crippen molar-refractivity contribution in [2.75, 3.05) is 18.1 Å². The van der Waals surface area contributed by atoms with Gasteiger partial charge in [0.1, 0.15) is 10.3 Å². The highest BCUT2D eigenvalue weighted by Gasteiger charge is 2.34. The number of fused-ring (bicyclic) bond motifs is 2. The van der Waals surface area contributed by atoms with Crippen molar-refractivity contribution in [3.05, 3.63) is 69.0 Å². The van der Waals surface area contributed by atoms with Crippen LogP contribution < -0.4 is 24.8 Å². The second-order valence-electron chi connectivity index (χ2n) is 8.10. The van der Waals surface area contributed by atoms with Crippen molar-refractivity contribution in [1.29, 1.82) is 0 Å². The maximum atomic E-state index is 13.2. The minimum Gasteiger partial charge on any atom is -0.548 e. The van der Waals surface area contributed by atoms with Crippen molar-refractivity contribution in [2.24, 2.45) is 0 Å². The Kier molecular flexibility index (Phi) is 6.04. The van der Waals surface area contributed by atoms with Crippen LogP contribution in [0.1, 0.15) is 31.7 Å². The minimum absolute atomic E-state index is 0.148. The molecule has 0 N–H and O–H groups in total. The molecule has 178 valence electrons. The minimum atomic E-state index is -1.39. The standard InChI is InChI=1S/C25H22N4O5S/c1-2-3-6-13-34-16-11-9-15(10-12-16)22-26-25-29(27-22)24(33)21(35-25)20-17-7-4-5-8-18(17)28(23(20)32)14-19(30)31/h4-5,7-12H,2-3,6,13-14H2,1H3,(H,30,31)/p-1. The first kappa shape index (κ1) is 22.7. The highest BCUT2D eigenvalue weighted by molar-refractivity contribution is 7.15. The zero-order valence-corrected chi connectivity index (χ0v) is 19.7. The number of aliphatic carboxylic acids is 1. The number of carboxylic acid groups (broad SMARTS) is 1. The zero-order valence-electron chi connectivity index (χ0n) is 18.9. The van der Waals surface area contributed by atoms with E-state index in [2.05, 4.69) is 17.0 Å². The average molecular weight is 490 g/mol. The van der Waals surface area contributed by atoms with Gasteiger partial charge in [0.15, 0.2) is 5.82 Å². The highest BCUT2D eigenvalue weighted by atomic mass is 32.1. The summed E-state index contributed by atoms with van der Waals surface area (Å²) in [5.74, 6) is -0.805. The number of benzene rings is 2. The van der Waals surface area contributed by atoms with Gasteiger partial charge in [0.2, 0.25) is 4.96 Å². The van der Waals surface area contributed by atoms with Gasteiger partial charge >= 0.3 is 0 Å². The maximum Gasteiger partial charge on any atom is 0.291 e. The average Bonchev–Trinajstić information content (AvgIpc) is 3.48. The van der Waals surface area contributed by atoms with E-state index in [4.69, 9.17) is 4.74 Å². The lowest BCUT2D eigenvalue weighted by molar-refractivity contribution is -0.303. The Hall–Kier alpha value is -4.05. The molecule has 0 atom stereocenters. The fraction of sp³-hybridized carbons (Fsp3) is 0.240. The molecule has 0 saturated heterocycles. The first-order valence-corrected chi connectivity index (χ1v) is 12.1. The van der Waals surface area contributed by atoms with E-state index < -0.39 is 24.0 Å². The summed E-state index contributed by atoms with van der Waals surface area (Å²) >= 11 is 1.05. The zero-order chi connectivity index (χ0) is 24.5. The Bertz CT molecular complexity index is 1540. The fourth-order valence-corrected chi connectivity index (χ4v) is 5.03. The summed E-state index contributed by atoms with van der Waals surface area (Å²) in [6, 6.07) is 14.1. The van der Waals surface area contributed by atoms with E-state index in [9.17, 15) is 19.5 Å². The monoisotopic (exact) mass is 489 g/mol. The third-order valence-corrected chi connectivity index (χ3v) is 6.75. The van der Waals surface area contributed by atoms with E-state index in [1.165, 1.54) is 4.52 Å². The van der Waals surface area contributed by atoms with E-state index in [0.29, 0.717) is 28.6 Å². The quantitative estimate of drug-likeness (QED) is 0.344. The fourth-order valence-electron chi connectivity index (χ4n) is 4.04. The third-order valence-electron chi connectivity index (χ3n) is 5.72. The van der Waals surface area contributed by atoms with Gasteiger partial charge in [-0.1, -0.05) is 49.3 Å². The number of carbonyl (C=O) groups is 2. The van der Waals surface area contributed by atoms with Crippen molar-refractivity contribution in [3.8, 4) is 17.1 Å². The van der Waals surface area contributed by atoms with Crippen LogP contribution in [0.3, 0.4) is 0 Å². The van der Waals surface area contributed by atoms with Gasteiger partial charge in [0.25, 0.3) is 11.5 Å². The van der Waals surface area contributed by atoms with Gasteiger partial charge in [-0.2, -0.15) is 9.50 Å². The molecule has 0 bridgehead atoms. The van der Waals surface area contributed by atoms with Crippen LogP contribution in [0.5, 0.6) is 5.75 Å². The molecule has 0 saturated carbocycles. The molecule has 1 amide bonds. The number of rotatable bonds is 8. The lowest BCUT2D eigenvalue weighted by Crippen LogP contribution is -2.40. The normalized spacial score (nSPS) is 14.5. The summed E-state index contributed by atoms with van der Waals surface area (Å²) in [6.45, 7) is 2.20. The number of carboxylic acids is 1. The van der Waals surface area contributed by atoms with Crippen molar-refractivity contribution < 1.29 is 19.4 Å². The van der Waals surface area contributed by atoms with Crippen LogP contribution in [0.25, 0.3) is 21.9 Å². The Morgan fingerprint density at radius 2 is 1.86 bits per heavy atom. The summed E-state index contributed by atoms with van der Waals surface area (Å²) < 4.78 is 7.08. The molecule has 10 heteroatoms. The second kappa shape index (κ2) is 9.30. The lowest BCUT2D eigenvalue weighted by Gasteiger charge is -2.17. The number of anilines is 1. The van der Waals surface area contributed by atoms with Gasteiger partial charge in [0, 0.05) is 11.1 Å². The topological polar surface area (TPSA) is 117 Å². The number of amides is 1. The summed E-state index contributed by atoms with van der Waals surface area (Å²) in [6.07, 6.45) is 3.26. The number of carbonyl (C=O) groups excluding carboxylic acids is 2. The smallest absolute Gasteiger partial charge is 0.291 e. The molecule has 0 radical (unpaired) electrons. The van der Waals surface area contributed by atoms with Gasteiger partial charge in [-0.25, -0.2) is 0 Å². The number of aromatic nitrogens is 3. The molecule has 2 aromatic heterocycles. The number of ether oxygens (including phenoxy) is 1. The molecule has 9 nitrogen and oxygen atoms in total. The first-order chi connectivity index (χ1) is 17.0. The van der Waals surface area contributed by atoms with Crippen molar-refractivity contribution in [3.63, 3.8) is 0 Å². The Morgan fingerprint density at radius 1 is 1.09 bits per heavy atom. The number of unbranched alkanes of at least 4 members (excludes halogenated alkanes) is 2. The first-order valence-electron chi connectivity index (χ1n) is 11.3. The largest absolute Gasteiger partial charge is 0.548 e. The molecule has 2 aromatic carbocycles. The van der Waals surface area contributed by atoms with Crippen molar-refractivity contribution in [1.82, 2.24) is 14.6 Å². The van der Waals surface area contributed by atoms with Crippen LogP contribution in [0.4, 0.5) is 5.69 Å². The summed E-state index contributed by atoms with van der Waals surface area (Å²) in [7, 11) is 0. The predicted octanol–water partition coefficient (Wildman–Crippen LogP) is 1.40. The van der Waals surface area contributed by atoms with E-state index in [0.717, 1.165) is 46.8 Å². The molecular formula is C25H21N4O5S-. The molecule has 0 unspecified atom stereocenters. The predicted molar refractivity (Wildman–Crippen MR) is 129 cm³/mol. The van der Waals surface area contributed by atoms with Crippen LogP contribution in [0.2, 0.25) is 0 Å². The van der Waals surface area contributed by atoms with E-state index >= 15 is 0 Å². The molecular weight excluding hydrogens is 468 g/mol. The van der Waals surface area contributed by atoms with Gasteiger partial charge in [-0.05, 0) is 36.8 Å². The summed E-state index contributed by atoms with van der Waals surface area (Å²) in [5.41, 5.74) is 1.32. The number of thiazole rings is 1. The van der Waals surface area contributed by atoms with Crippen molar-refractivity contribution in [2.45, 2.75) is 26.2 Å². The molecule has 0 fully saturated rings. The lowest BCUT2D eigenvalue weighted by atomic mass is 10.1. The summed E-state index contributed by atoms with van der Waals surface area (Å²) in [5, 5.41) is 15.5. The van der Waals surface area contributed by atoms with E-state index in [-0.39, 0.29) is 10.1 Å². The molecule has 5 rings (SSSR count).